The Hall–Kier alpha value is -2.04. The summed E-state index contributed by atoms with van der Waals surface area (Å²) >= 11 is 0. The molecular weight excluding hydrogens is 246 g/mol. The normalized spacial score (nSPS) is 12.0. The van der Waals surface area contributed by atoms with E-state index in [1.54, 1.807) is 31.2 Å². The molecule has 1 unspecified atom stereocenters. The van der Waals surface area contributed by atoms with Crippen molar-refractivity contribution >= 4 is 11.9 Å². The summed E-state index contributed by atoms with van der Waals surface area (Å²) in [5, 5.41) is 11.6. The van der Waals surface area contributed by atoms with E-state index in [1.807, 2.05) is 13.8 Å². The largest absolute Gasteiger partial charge is 0.481 e. The fraction of sp³-hybridized carbons (Fsp3) is 0.429. The molecular formula is C14H19NO4. The molecule has 1 rings (SSSR count). The van der Waals surface area contributed by atoms with E-state index in [4.69, 9.17) is 9.84 Å². The maximum atomic E-state index is 11.7. The number of hydrogen-bond acceptors (Lipinski definition) is 3. The number of carboxylic acid groups (broad SMARTS) is 1. The van der Waals surface area contributed by atoms with Gasteiger partial charge in [-0.15, -0.1) is 0 Å². The first-order valence-corrected chi connectivity index (χ1v) is 6.17. The van der Waals surface area contributed by atoms with E-state index in [2.05, 4.69) is 5.32 Å². The van der Waals surface area contributed by atoms with Crippen LogP contribution in [-0.4, -0.2) is 29.1 Å². The first kappa shape index (κ1) is 15.0. The van der Waals surface area contributed by atoms with Gasteiger partial charge in [0, 0.05) is 11.6 Å². The second kappa shape index (κ2) is 6.78. The number of benzene rings is 1. The summed E-state index contributed by atoms with van der Waals surface area (Å²) < 4.78 is 5.53. The Balaban J connectivity index is 2.76. The van der Waals surface area contributed by atoms with Crippen molar-refractivity contribution in [2.24, 2.45) is 0 Å². The minimum absolute atomic E-state index is 0.0350. The molecule has 0 aliphatic carbocycles. The monoisotopic (exact) mass is 265 g/mol. The summed E-state index contributed by atoms with van der Waals surface area (Å²) in [5.41, 5.74) is 0.555. The molecule has 2 N–H and O–H groups in total. The Morgan fingerprint density at radius 1 is 1.26 bits per heavy atom. The molecule has 0 radical (unpaired) electrons. The molecule has 0 saturated heterocycles. The molecule has 0 bridgehead atoms. The lowest BCUT2D eigenvalue weighted by atomic mass is 10.1. The molecule has 0 saturated carbocycles. The minimum Gasteiger partial charge on any atom is -0.481 e. The van der Waals surface area contributed by atoms with Crippen LogP contribution in [0.25, 0.3) is 0 Å². The Kier molecular flexibility index (Phi) is 5.36. The third-order valence-corrected chi connectivity index (χ3v) is 2.42. The first-order valence-electron chi connectivity index (χ1n) is 6.17. The third-order valence-electron chi connectivity index (χ3n) is 2.42. The number of rotatable bonds is 6. The summed E-state index contributed by atoms with van der Waals surface area (Å²) in [6, 6.07) is 6.86. The zero-order valence-electron chi connectivity index (χ0n) is 11.3. The number of para-hydroxylation sites is 1. The lowest BCUT2D eigenvalue weighted by Crippen LogP contribution is -2.40. The van der Waals surface area contributed by atoms with Crippen LogP contribution in [0.3, 0.4) is 0 Å². The zero-order valence-corrected chi connectivity index (χ0v) is 11.3. The van der Waals surface area contributed by atoms with Gasteiger partial charge in [-0.3, -0.25) is 9.59 Å². The number of amides is 1. The molecule has 0 heterocycles. The topological polar surface area (TPSA) is 75.6 Å². The molecule has 0 fully saturated rings. The molecule has 0 aliphatic rings. The summed E-state index contributed by atoms with van der Waals surface area (Å²) in [7, 11) is 0. The Morgan fingerprint density at radius 2 is 1.89 bits per heavy atom. The number of carboxylic acids is 1. The van der Waals surface area contributed by atoms with E-state index in [-0.39, 0.29) is 18.4 Å². The van der Waals surface area contributed by atoms with Crippen LogP contribution in [0.15, 0.2) is 24.3 Å². The smallest absolute Gasteiger partial charge is 0.307 e. The van der Waals surface area contributed by atoms with Crippen molar-refractivity contribution in [1.82, 2.24) is 5.32 Å². The van der Waals surface area contributed by atoms with Crippen molar-refractivity contribution in [2.45, 2.75) is 39.3 Å². The van der Waals surface area contributed by atoms with Crippen molar-refractivity contribution in [3.8, 4) is 5.75 Å². The summed E-state index contributed by atoms with van der Waals surface area (Å²) in [4.78, 5) is 22.5. The fourth-order valence-corrected chi connectivity index (χ4v) is 1.57. The predicted molar refractivity (Wildman–Crippen MR) is 71.2 cm³/mol. The fourth-order valence-electron chi connectivity index (χ4n) is 1.57. The molecule has 1 amide bonds. The third kappa shape index (κ3) is 4.99. The van der Waals surface area contributed by atoms with Crippen LogP contribution in [0, 0.1) is 0 Å². The lowest BCUT2D eigenvalue weighted by molar-refractivity contribution is -0.136. The standard InChI is InChI=1S/C14H19NO4/c1-9(2)15-14(18)10(3)19-12-7-5-4-6-11(12)8-13(16)17/h4-7,9-10H,8H2,1-3H3,(H,15,18)(H,16,17). The van der Waals surface area contributed by atoms with Gasteiger partial charge in [0.1, 0.15) is 5.75 Å². The second-order valence-electron chi connectivity index (χ2n) is 4.60. The molecule has 0 aliphatic heterocycles. The summed E-state index contributed by atoms with van der Waals surface area (Å²) in [5.74, 6) is -0.730. The summed E-state index contributed by atoms with van der Waals surface area (Å²) in [6.07, 6.45) is -0.799. The van der Waals surface area contributed by atoms with Crippen molar-refractivity contribution in [3.63, 3.8) is 0 Å². The first-order chi connectivity index (χ1) is 8.90. The molecule has 5 heteroatoms. The molecule has 19 heavy (non-hydrogen) atoms. The number of nitrogens with one attached hydrogen (secondary N) is 1. The highest BCUT2D eigenvalue weighted by Gasteiger charge is 2.17. The number of hydrogen-bond donors (Lipinski definition) is 2. The van der Waals surface area contributed by atoms with E-state index in [1.165, 1.54) is 0 Å². The molecule has 1 aromatic rings. The van der Waals surface area contributed by atoms with Gasteiger partial charge in [-0.2, -0.15) is 0 Å². The lowest BCUT2D eigenvalue weighted by Gasteiger charge is -2.18. The maximum absolute atomic E-state index is 11.7. The van der Waals surface area contributed by atoms with Gasteiger partial charge in [-0.1, -0.05) is 18.2 Å². The minimum atomic E-state index is -0.935. The molecule has 1 aromatic carbocycles. The van der Waals surface area contributed by atoms with E-state index in [0.717, 1.165) is 0 Å². The highest BCUT2D eigenvalue weighted by atomic mass is 16.5. The van der Waals surface area contributed by atoms with Crippen molar-refractivity contribution in [2.75, 3.05) is 0 Å². The second-order valence-corrected chi connectivity index (χ2v) is 4.60. The quantitative estimate of drug-likeness (QED) is 0.819. The molecule has 5 nitrogen and oxygen atoms in total. The van der Waals surface area contributed by atoms with Crippen LogP contribution in [0.4, 0.5) is 0 Å². The Morgan fingerprint density at radius 3 is 2.47 bits per heavy atom. The van der Waals surface area contributed by atoms with Crippen LogP contribution in [0.2, 0.25) is 0 Å². The predicted octanol–water partition coefficient (Wildman–Crippen LogP) is 1.61. The van der Waals surface area contributed by atoms with E-state index in [9.17, 15) is 9.59 Å². The highest BCUT2D eigenvalue weighted by molar-refractivity contribution is 5.81. The Bertz CT molecular complexity index is 457. The number of aliphatic carboxylic acids is 1. The molecule has 104 valence electrons. The number of carbonyl (C=O) groups is 2. The van der Waals surface area contributed by atoms with Gasteiger partial charge in [0.2, 0.25) is 0 Å². The van der Waals surface area contributed by atoms with Gasteiger partial charge in [0.15, 0.2) is 6.10 Å². The van der Waals surface area contributed by atoms with E-state index in [0.29, 0.717) is 11.3 Å². The maximum Gasteiger partial charge on any atom is 0.307 e. The van der Waals surface area contributed by atoms with Crippen molar-refractivity contribution in [1.29, 1.82) is 0 Å². The summed E-state index contributed by atoms with van der Waals surface area (Å²) in [6.45, 7) is 5.36. The van der Waals surface area contributed by atoms with Gasteiger partial charge in [-0.25, -0.2) is 0 Å². The molecule has 0 aromatic heterocycles. The average Bonchev–Trinajstić information content (AvgIpc) is 2.30. The average molecular weight is 265 g/mol. The molecule has 1 atom stereocenters. The van der Waals surface area contributed by atoms with Crippen LogP contribution < -0.4 is 10.1 Å². The van der Waals surface area contributed by atoms with Gasteiger partial charge < -0.3 is 15.2 Å². The van der Waals surface area contributed by atoms with Crippen molar-refractivity contribution in [3.05, 3.63) is 29.8 Å². The van der Waals surface area contributed by atoms with Gasteiger partial charge in [-0.05, 0) is 26.8 Å². The van der Waals surface area contributed by atoms with Crippen LogP contribution in [0.5, 0.6) is 5.75 Å². The van der Waals surface area contributed by atoms with Crippen molar-refractivity contribution < 1.29 is 19.4 Å². The Labute approximate surface area is 112 Å². The highest BCUT2D eigenvalue weighted by Crippen LogP contribution is 2.20. The van der Waals surface area contributed by atoms with Crippen LogP contribution >= 0.6 is 0 Å². The van der Waals surface area contributed by atoms with E-state index < -0.39 is 12.1 Å². The number of ether oxygens (including phenoxy) is 1. The van der Waals surface area contributed by atoms with Crippen LogP contribution in [0.1, 0.15) is 26.3 Å². The SMILES string of the molecule is CC(C)NC(=O)C(C)Oc1ccccc1CC(=O)O. The zero-order chi connectivity index (χ0) is 14.4. The van der Waals surface area contributed by atoms with Gasteiger partial charge in [0.05, 0.1) is 6.42 Å². The van der Waals surface area contributed by atoms with Gasteiger partial charge >= 0.3 is 5.97 Å². The molecule has 0 spiro atoms. The van der Waals surface area contributed by atoms with Crippen LogP contribution in [-0.2, 0) is 16.0 Å². The van der Waals surface area contributed by atoms with E-state index >= 15 is 0 Å². The number of carbonyl (C=O) groups excluding carboxylic acids is 1. The van der Waals surface area contributed by atoms with Gasteiger partial charge in [0.25, 0.3) is 5.91 Å².